The highest BCUT2D eigenvalue weighted by molar-refractivity contribution is 5.99. The maximum absolute atomic E-state index is 13.2. The second-order valence-corrected chi connectivity index (χ2v) is 7.26. The van der Waals surface area contributed by atoms with Gasteiger partial charge in [0.1, 0.15) is 5.69 Å². The van der Waals surface area contributed by atoms with Crippen LogP contribution in [0.4, 0.5) is 18.9 Å². The molecule has 3 rings (SSSR count). The first-order valence-corrected chi connectivity index (χ1v) is 9.62. The van der Waals surface area contributed by atoms with Crippen molar-refractivity contribution in [2.45, 2.75) is 31.5 Å². The summed E-state index contributed by atoms with van der Waals surface area (Å²) >= 11 is 0. The Balaban J connectivity index is 1.96. The van der Waals surface area contributed by atoms with Crippen molar-refractivity contribution in [2.75, 3.05) is 32.4 Å². The van der Waals surface area contributed by atoms with Crippen LogP contribution in [0.25, 0.3) is 0 Å². The van der Waals surface area contributed by atoms with Crippen LogP contribution in [-0.2, 0) is 11.0 Å². The number of rotatable bonds is 3. The minimum Gasteiger partial charge on any atom is -0.398 e. The van der Waals surface area contributed by atoms with E-state index in [2.05, 4.69) is 16.9 Å². The highest BCUT2D eigenvalue weighted by Crippen LogP contribution is 2.33. The summed E-state index contributed by atoms with van der Waals surface area (Å²) in [5.41, 5.74) is 6.32. The van der Waals surface area contributed by atoms with Crippen LogP contribution in [0.15, 0.2) is 36.2 Å². The molecule has 0 saturated carbocycles. The molecule has 0 spiro atoms. The van der Waals surface area contributed by atoms with E-state index in [0.717, 1.165) is 23.9 Å². The predicted molar refractivity (Wildman–Crippen MR) is 105 cm³/mol. The van der Waals surface area contributed by atoms with Gasteiger partial charge < -0.3 is 20.9 Å². The number of likely N-dealkylation sites (tertiary alicyclic amines) is 1. The van der Waals surface area contributed by atoms with Crippen LogP contribution < -0.4 is 11.1 Å². The summed E-state index contributed by atoms with van der Waals surface area (Å²) in [6.45, 7) is 4.70. The number of nitrogen functional groups attached to an aromatic ring is 1. The lowest BCUT2D eigenvalue weighted by Gasteiger charge is -2.39. The number of fused-ring (bicyclic) bond motifs is 1. The summed E-state index contributed by atoms with van der Waals surface area (Å²) in [7, 11) is 1.81. The van der Waals surface area contributed by atoms with E-state index in [4.69, 9.17) is 5.73 Å². The van der Waals surface area contributed by atoms with Crippen molar-refractivity contribution >= 4 is 17.5 Å². The van der Waals surface area contributed by atoms with Crippen molar-refractivity contribution in [3.8, 4) is 0 Å². The van der Waals surface area contributed by atoms with E-state index in [9.17, 15) is 22.8 Å². The Kier molecular flexibility index (Phi) is 6.04. The third-order valence-electron chi connectivity index (χ3n) is 5.54. The molecule has 0 aliphatic carbocycles. The minimum absolute atomic E-state index is 0.0823. The molecule has 3 heterocycles. The predicted octanol–water partition coefficient (Wildman–Crippen LogP) is 2.18. The highest BCUT2D eigenvalue weighted by atomic mass is 19.4. The number of amides is 2. The van der Waals surface area contributed by atoms with Gasteiger partial charge >= 0.3 is 6.18 Å². The Hall–Kier alpha value is -3.04. The van der Waals surface area contributed by atoms with E-state index in [1.807, 2.05) is 7.05 Å². The fraction of sp³-hybridized carbons (Fsp3) is 0.450. The molecule has 162 valence electrons. The van der Waals surface area contributed by atoms with Gasteiger partial charge in [0, 0.05) is 50.7 Å². The number of nitrogens with zero attached hydrogens (tertiary/aromatic N) is 3. The van der Waals surface area contributed by atoms with Gasteiger partial charge in [0.05, 0.1) is 11.6 Å². The van der Waals surface area contributed by atoms with Crippen LogP contribution in [-0.4, -0.2) is 59.3 Å². The minimum atomic E-state index is -4.65. The maximum atomic E-state index is 13.2. The van der Waals surface area contributed by atoms with E-state index in [1.165, 1.54) is 6.08 Å². The van der Waals surface area contributed by atoms with Crippen molar-refractivity contribution in [3.05, 3.63) is 47.4 Å². The molecule has 1 aromatic rings. The number of hydrogen-bond donors (Lipinski definition) is 2. The average Bonchev–Trinajstić information content (AvgIpc) is 2.94. The van der Waals surface area contributed by atoms with Crippen LogP contribution in [0, 0.1) is 0 Å². The summed E-state index contributed by atoms with van der Waals surface area (Å²) in [5, 5.41) is 3.18. The van der Waals surface area contributed by atoms with Gasteiger partial charge in [-0.3, -0.25) is 14.6 Å². The van der Waals surface area contributed by atoms with Crippen LogP contribution in [0.2, 0.25) is 0 Å². The molecule has 0 aromatic carbocycles. The third kappa shape index (κ3) is 4.12. The average molecular weight is 423 g/mol. The molecule has 1 aromatic heterocycles. The smallest absolute Gasteiger partial charge is 0.398 e. The second-order valence-electron chi connectivity index (χ2n) is 7.26. The molecule has 3 N–H and O–H groups in total. The normalized spacial score (nSPS) is 19.8. The zero-order chi connectivity index (χ0) is 22.1. The molecule has 0 bridgehead atoms. The van der Waals surface area contributed by atoms with Gasteiger partial charge in [0.2, 0.25) is 5.91 Å². The lowest BCUT2D eigenvalue weighted by atomic mass is 9.93. The van der Waals surface area contributed by atoms with E-state index in [0.29, 0.717) is 32.0 Å². The van der Waals surface area contributed by atoms with Crippen molar-refractivity contribution in [1.29, 1.82) is 0 Å². The molecule has 30 heavy (non-hydrogen) atoms. The Bertz CT molecular complexity index is 897. The van der Waals surface area contributed by atoms with Crippen LogP contribution in [0.1, 0.15) is 35.3 Å². The van der Waals surface area contributed by atoms with Crippen LogP contribution >= 0.6 is 0 Å². The van der Waals surface area contributed by atoms with E-state index < -0.39 is 23.8 Å². The number of pyridine rings is 1. The first-order valence-electron chi connectivity index (χ1n) is 9.62. The molecule has 1 atom stereocenters. The largest absolute Gasteiger partial charge is 0.433 e. The SMILES string of the molecule is C=CC(=O)N1CCCC2=C(NC)CCN(C(=O)c3cnc(C(F)(F)F)cc3N)C2C1. The van der Waals surface area contributed by atoms with Gasteiger partial charge in [0.15, 0.2) is 0 Å². The fourth-order valence-corrected chi connectivity index (χ4v) is 4.04. The Labute approximate surface area is 172 Å². The summed E-state index contributed by atoms with van der Waals surface area (Å²) in [5.74, 6) is -0.727. The first-order chi connectivity index (χ1) is 14.2. The number of hydrogen-bond acceptors (Lipinski definition) is 5. The van der Waals surface area contributed by atoms with Crippen molar-refractivity contribution in [1.82, 2.24) is 20.1 Å². The van der Waals surface area contributed by atoms with Gasteiger partial charge in [-0.25, -0.2) is 0 Å². The van der Waals surface area contributed by atoms with Crippen molar-refractivity contribution < 1.29 is 22.8 Å². The quantitative estimate of drug-likeness (QED) is 0.728. The standard InChI is InChI=1S/C20H24F3N5O2/c1-3-18(29)27-7-4-5-12-15(25-2)6-8-28(16(12)11-27)19(30)13-10-26-17(9-14(13)24)20(21,22)23/h3,9-10,16,25H,1,4-8,11H2,2H3,(H2,24,26). The molecule has 1 unspecified atom stereocenters. The molecule has 2 aliphatic heterocycles. The molecule has 7 nitrogen and oxygen atoms in total. The number of nitrogens with two attached hydrogens (primary N) is 1. The number of carbonyl (C=O) groups excluding carboxylic acids is 2. The number of anilines is 1. The zero-order valence-electron chi connectivity index (χ0n) is 16.6. The molecule has 1 saturated heterocycles. The Morgan fingerprint density at radius 2 is 2.07 bits per heavy atom. The van der Waals surface area contributed by atoms with Gasteiger partial charge in [-0.1, -0.05) is 6.58 Å². The molecule has 2 aliphatic rings. The van der Waals surface area contributed by atoms with Crippen LogP contribution in [0.5, 0.6) is 0 Å². The lowest BCUT2D eigenvalue weighted by molar-refractivity contribution is -0.141. The summed E-state index contributed by atoms with van der Waals surface area (Å²) in [6, 6.07) is 0.273. The first kappa shape index (κ1) is 21.7. The molecule has 1 fully saturated rings. The molecular weight excluding hydrogens is 399 g/mol. The Morgan fingerprint density at radius 3 is 2.67 bits per heavy atom. The molecule has 10 heteroatoms. The second kappa shape index (κ2) is 8.37. The van der Waals surface area contributed by atoms with Gasteiger partial charge in [0.25, 0.3) is 5.91 Å². The number of halogens is 3. The molecule has 0 radical (unpaired) electrons. The monoisotopic (exact) mass is 423 g/mol. The van der Waals surface area contributed by atoms with Gasteiger partial charge in [-0.15, -0.1) is 0 Å². The zero-order valence-corrected chi connectivity index (χ0v) is 16.6. The molecular formula is C20H24F3N5O2. The van der Waals surface area contributed by atoms with Gasteiger partial charge in [-0.05, 0) is 30.6 Å². The number of carbonyl (C=O) groups is 2. The van der Waals surface area contributed by atoms with Crippen molar-refractivity contribution in [2.24, 2.45) is 0 Å². The summed E-state index contributed by atoms with van der Waals surface area (Å²) in [6.07, 6.45) is -0.515. The lowest BCUT2D eigenvalue weighted by Crippen LogP contribution is -2.51. The number of aromatic nitrogens is 1. The summed E-state index contributed by atoms with van der Waals surface area (Å²) < 4.78 is 38.7. The van der Waals surface area contributed by atoms with Gasteiger partial charge in [-0.2, -0.15) is 13.2 Å². The fourth-order valence-electron chi connectivity index (χ4n) is 4.04. The molecule has 2 amide bonds. The topological polar surface area (TPSA) is 91.6 Å². The third-order valence-corrected chi connectivity index (χ3v) is 5.54. The number of nitrogens with one attached hydrogen (secondary N) is 1. The van der Waals surface area contributed by atoms with Crippen LogP contribution in [0.3, 0.4) is 0 Å². The van der Waals surface area contributed by atoms with E-state index >= 15 is 0 Å². The number of alkyl halides is 3. The highest BCUT2D eigenvalue weighted by Gasteiger charge is 2.38. The Morgan fingerprint density at radius 1 is 1.33 bits per heavy atom. The maximum Gasteiger partial charge on any atom is 0.433 e. The van der Waals surface area contributed by atoms with E-state index in [-0.39, 0.29) is 23.7 Å². The van der Waals surface area contributed by atoms with Crippen molar-refractivity contribution in [3.63, 3.8) is 0 Å². The van der Waals surface area contributed by atoms with E-state index in [1.54, 1.807) is 9.80 Å². The summed E-state index contributed by atoms with van der Waals surface area (Å²) in [4.78, 5) is 32.1.